The molecule has 1 saturated heterocycles. The van der Waals surface area contributed by atoms with E-state index in [-0.39, 0.29) is 17.9 Å². The number of carbonyl (C=O) groups excluding carboxylic acids is 2. The number of Topliss-reactive ketones (excluding diaryl/α,β-unsaturated/α-hetero) is 1. The first kappa shape index (κ1) is 23.6. The van der Waals surface area contributed by atoms with Gasteiger partial charge in [-0.2, -0.15) is 0 Å². The molecule has 0 aliphatic carbocycles. The molecule has 174 valence electrons. The number of amides is 1. The summed E-state index contributed by atoms with van der Waals surface area (Å²) in [4.78, 5) is 27.8. The summed E-state index contributed by atoms with van der Waals surface area (Å²) in [6.07, 6.45) is 2.00. The number of ketones is 1. The second-order valence-corrected chi connectivity index (χ2v) is 8.63. The van der Waals surface area contributed by atoms with E-state index in [0.717, 1.165) is 24.2 Å². The van der Waals surface area contributed by atoms with Crippen molar-refractivity contribution in [1.82, 2.24) is 4.90 Å². The minimum Gasteiger partial charge on any atom is -0.507 e. The molecule has 1 aliphatic heterocycles. The molecule has 1 amide bonds. The summed E-state index contributed by atoms with van der Waals surface area (Å²) in [5.41, 5.74) is 2.09. The fourth-order valence-corrected chi connectivity index (χ4v) is 4.14. The molecule has 1 heterocycles. The summed E-state index contributed by atoms with van der Waals surface area (Å²) in [7, 11) is 0. The third-order valence-corrected chi connectivity index (χ3v) is 6.07. The number of nitrogens with zero attached hydrogens (tertiary/aromatic N) is 1. The Labute approximate surface area is 204 Å². The van der Waals surface area contributed by atoms with E-state index in [1.807, 2.05) is 54.6 Å². The number of aliphatic hydroxyl groups is 1. The number of benzene rings is 3. The zero-order valence-corrected chi connectivity index (χ0v) is 19.7. The van der Waals surface area contributed by atoms with Gasteiger partial charge in [-0.3, -0.25) is 9.59 Å². The van der Waals surface area contributed by atoms with Crippen molar-refractivity contribution < 1.29 is 19.4 Å². The van der Waals surface area contributed by atoms with Crippen LogP contribution in [0.25, 0.3) is 5.76 Å². The summed E-state index contributed by atoms with van der Waals surface area (Å²) in [5, 5.41) is 11.6. The number of rotatable bonds is 8. The molecule has 0 radical (unpaired) electrons. The molecule has 0 saturated carbocycles. The largest absolute Gasteiger partial charge is 0.507 e. The molecule has 34 heavy (non-hydrogen) atoms. The van der Waals surface area contributed by atoms with Crippen molar-refractivity contribution >= 4 is 29.1 Å². The lowest BCUT2D eigenvalue weighted by Crippen LogP contribution is -2.29. The molecule has 0 aromatic heterocycles. The van der Waals surface area contributed by atoms with Crippen molar-refractivity contribution in [2.24, 2.45) is 0 Å². The lowest BCUT2D eigenvalue weighted by molar-refractivity contribution is -0.140. The number of hydrogen-bond acceptors (Lipinski definition) is 4. The van der Waals surface area contributed by atoms with Crippen LogP contribution in [0.2, 0.25) is 5.02 Å². The molecule has 0 bridgehead atoms. The summed E-state index contributed by atoms with van der Waals surface area (Å²) >= 11 is 5.99. The number of aliphatic hydroxyl groups excluding tert-OH is 1. The highest BCUT2D eigenvalue weighted by molar-refractivity contribution is 6.46. The molecule has 6 heteroatoms. The summed E-state index contributed by atoms with van der Waals surface area (Å²) < 4.78 is 5.76. The Bertz CT molecular complexity index is 1190. The van der Waals surface area contributed by atoms with Crippen LogP contribution in [0.4, 0.5) is 0 Å². The van der Waals surface area contributed by atoms with E-state index >= 15 is 0 Å². The van der Waals surface area contributed by atoms with Gasteiger partial charge in [0.25, 0.3) is 11.7 Å². The van der Waals surface area contributed by atoms with Gasteiger partial charge in [-0.05, 0) is 53.9 Å². The highest BCUT2D eigenvalue weighted by Gasteiger charge is 2.46. The van der Waals surface area contributed by atoms with Crippen LogP contribution in [0.3, 0.4) is 0 Å². The van der Waals surface area contributed by atoms with Crippen molar-refractivity contribution in [2.75, 3.05) is 6.61 Å². The van der Waals surface area contributed by atoms with E-state index in [9.17, 15) is 14.7 Å². The highest BCUT2D eigenvalue weighted by atomic mass is 35.5. The van der Waals surface area contributed by atoms with Gasteiger partial charge >= 0.3 is 0 Å². The quantitative estimate of drug-likeness (QED) is 0.184. The van der Waals surface area contributed by atoms with Gasteiger partial charge in [-0.15, -0.1) is 0 Å². The van der Waals surface area contributed by atoms with Gasteiger partial charge in [0.05, 0.1) is 18.2 Å². The summed E-state index contributed by atoms with van der Waals surface area (Å²) in [6, 6.07) is 22.6. The van der Waals surface area contributed by atoms with Gasteiger partial charge in [0, 0.05) is 17.1 Å². The van der Waals surface area contributed by atoms with Crippen LogP contribution in [-0.2, 0) is 16.1 Å². The molecule has 1 N–H and O–H groups in total. The maximum absolute atomic E-state index is 13.2. The van der Waals surface area contributed by atoms with Gasteiger partial charge in [0.15, 0.2) is 0 Å². The minimum atomic E-state index is -0.736. The van der Waals surface area contributed by atoms with Crippen LogP contribution in [0.1, 0.15) is 42.5 Å². The highest BCUT2D eigenvalue weighted by Crippen LogP contribution is 2.40. The number of unbranched alkanes of at least 4 members (excludes halogenated alkanes) is 1. The first-order valence-corrected chi connectivity index (χ1v) is 11.7. The monoisotopic (exact) mass is 475 g/mol. The fourth-order valence-electron chi connectivity index (χ4n) is 4.01. The second kappa shape index (κ2) is 10.6. The zero-order valence-electron chi connectivity index (χ0n) is 18.9. The fraction of sp³-hybridized carbons (Fsp3) is 0.214. The molecule has 1 atom stereocenters. The topological polar surface area (TPSA) is 66.8 Å². The maximum atomic E-state index is 13.2. The van der Waals surface area contributed by atoms with Crippen molar-refractivity contribution in [3.8, 4) is 5.75 Å². The van der Waals surface area contributed by atoms with Crippen molar-refractivity contribution in [1.29, 1.82) is 0 Å². The van der Waals surface area contributed by atoms with E-state index in [2.05, 4.69) is 6.92 Å². The lowest BCUT2D eigenvalue weighted by atomic mass is 9.95. The van der Waals surface area contributed by atoms with Gasteiger partial charge < -0.3 is 14.7 Å². The smallest absolute Gasteiger partial charge is 0.295 e. The molecular formula is C28H26ClNO4. The molecule has 1 aliphatic rings. The number of ether oxygens (including phenoxy) is 1. The number of hydrogen-bond donors (Lipinski definition) is 1. The predicted molar refractivity (Wildman–Crippen MR) is 133 cm³/mol. The Balaban J connectivity index is 1.76. The van der Waals surface area contributed by atoms with E-state index in [0.29, 0.717) is 22.8 Å². The van der Waals surface area contributed by atoms with E-state index < -0.39 is 17.7 Å². The van der Waals surface area contributed by atoms with Gasteiger partial charge in [-0.1, -0.05) is 67.4 Å². The van der Waals surface area contributed by atoms with E-state index in [4.69, 9.17) is 16.3 Å². The average Bonchev–Trinajstić information content (AvgIpc) is 3.10. The molecule has 3 aromatic carbocycles. The second-order valence-electron chi connectivity index (χ2n) is 8.19. The van der Waals surface area contributed by atoms with Crippen LogP contribution >= 0.6 is 11.6 Å². The van der Waals surface area contributed by atoms with Gasteiger partial charge in [-0.25, -0.2) is 0 Å². The van der Waals surface area contributed by atoms with Crippen LogP contribution < -0.4 is 4.74 Å². The van der Waals surface area contributed by atoms with Crippen LogP contribution in [-0.4, -0.2) is 28.3 Å². The van der Waals surface area contributed by atoms with Crippen LogP contribution in [0.15, 0.2) is 84.4 Å². The third-order valence-electron chi connectivity index (χ3n) is 5.82. The normalized spacial score (nSPS) is 17.2. The Kier molecular flexibility index (Phi) is 7.33. The number of carbonyl (C=O) groups is 2. The Hall–Kier alpha value is -3.57. The first-order chi connectivity index (χ1) is 16.5. The molecule has 1 fully saturated rings. The first-order valence-electron chi connectivity index (χ1n) is 11.3. The summed E-state index contributed by atoms with van der Waals surface area (Å²) in [6.45, 7) is 2.96. The summed E-state index contributed by atoms with van der Waals surface area (Å²) in [5.74, 6) is -0.863. The molecule has 4 rings (SSSR count). The van der Waals surface area contributed by atoms with Crippen LogP contribution in [0, 0.1) is 0 Å². The molecular weight excluding hydrogens is 450 g/mol. The lowest BCUT2D eigenvalue weighted by Gasteiger charge is -2.25. The van der Waals surface area contributed by atoms with Gasteiger partial charge in [0.2, 0.25) is 0 Å². The number of likely N-dealkylation sites (tertiary alicyclic amines) is 1. The molecule has 1 unspecified atom stereocenters. The minimum absolute atomic E-state index is 0.0582. The van der Waals surface area contributed by atoms with E-state index in [1.165, 1.54) is 4.90 Å². The van der Waals surface area contributed by atoms with Crippen molar-refractivity contribution in [2.45, 2.75) is 32.4 Å². The van der Waals surface area contributed by atoms with Crippen molar-refractivity contribution in [3.63, 3.8) is 0 Å². The Morgan fingerprint density at radius 1 is 0.971 bits per heavy atom. The Morgan fingerprint density at radius 3 is 2.29 bits per heavy atom. The predicted octanol–water partition coefficient (Wildman–Crippen LogP) is 6.14. The van der Waals surface area contributed by atoms with Gasteiger partial charge in [0.1, 0.15) is 11.5 Å². The SMILES string of the molecule is CCCCOc1ccc(C2C(=C(O)c3ccc(Cl)cc3)C(=O)C(=O)N2Cc2ccccc2)cc1. The molecule has 0 spiro atoms. The molecule has 5 nitrogen and oxygen atoms in total. The van der Waals surface area contributed by atoms with Crippen LogP contribution in [0.5, 0.6) is 5.75 Å². The third kappa shape index (κ3) is 5.00. The zero-order chi connectivity index (χ0) is 24.1. The molecule has 3 aromatic rings. The number of halogens is 1. The maximum Gasteiger partial charge on any atom is 0.295 e. The standard InChI is InChI=1S/C28H26ClNO4/c1-2-3-17-34-23-15-11-20(12-16-23)25-24(26(31)21-9-13-22(29)14-10-21)27(32)28(33)30(25)18-19-7-5-4-6-8-19/h4-16,25,31H,2-3,17-18H2,1H3. The van der Waals surface area contributed by atoms with E-state index in [1.54, 1.807) is 24.3 Å². The average molecular weight is 476 g/mol. The van der Waals surface area contributed by atoms with Crippen molar-refractivity contribution in [3.05, 3.63) is 106 Å². The Morgan fingerprint density at radius 2 is 1.65 bits per heavy atom.